The molecule has 138 valence electrons. The van der Waals surface area contributed by atoms with Gasteiger partial charge in [-0.15, -0.1) is 0 Å². The number of carboxylic acids is 1. The van der Waals surface area contributed by atoms with Crippen LogP contribution in [0.15, 0.2) is 47.4 Å². The number of hydrogen-bond acceptors (Lipinski definition) is 3. The molecule has 7 heteroatoms. The second-order valence-electron chi connectivity index (χ2n) is 6.32. The molecule has 25 heavy (non-hydrogen) atoms. The minimum absolute atomic E-state index is 0.0561. The highest BCUT2D eigenvalue weighted by atomic mass is 32.2. The van der Waals surface area contributed by atoms with Gasteiger partial charge in [0.1, 0.15) is 6.17 Å². The van der Waals surface area contributed by atoms with Gasteiger partial charge in [-0.05, 0) is 49.7 Å². The summed E-state index contributed by atoms with van der Waals surface area (Å²) in [7, 11) is -3.58. The van der Waals surface area contributed by atoms with Gasteiger partial charge in [0, 0.05) is 13.0 Å². The predicted octanol–water partition coefficient (Wildman–Crippen LogP) is 3.14. The van der Waals surface area contributed by atoms with Gasteiger partial charge in [0.05, 0.1) is 4.90 Å². The largest absolute Gasteiger partial charge is 0.481 e. The van der Waals surface area contributed by atoms with Crippen LogP contribution in [0.3, 0.4) is 0 Å². The van der Waals surface area contributed by atoms with Crippen LogP contribution in [0, 0.1) is 11.8 Å². The number of alkyl halides is 1. The Hall–Kier alpha value is -1.73. The van der Waals surface area contributed by atoms with Crippen LogP contribution in [-0.2, 0) is 14.8 Å². The van der Waals surface area contributed by atoms with E-state index in [0.29, 0.717) is 25.7 Å². The smallest absolute Gasteiger partial charge is 0.303 e. The lowest BCUT2D eigenvalue weighted by atomic mass is 9.92. The molecule has 1 fully saturated rings. The van der Waals surface area contributed by atoms with Gasteiger partial charge in [-0.2, -0.15) is 0 Å². The maximum absolute atomic E-state index is 14.1. The minimum atomic E-state index is -3.58. The van der Waals surface area contributed by atoms with E-state index in [1.54, 1.807) is 24.3 Å². The van der Waals surface area contributed by atoms with E-state index in [4.69, 9.17) is 5.11 Å². The Bertz CT molecular complexity index is 690. The number of benzene rings is 1. The predicted molar refractivity (Wildman–Crippen MR) is 93.4 cm³/mol. The fourth-order valence-electron chi connectivity index (χ4n) is 3.17. The molecule has 0 aliphatic heterocycles. The lowest BCUT2D eigenvalue weighted by Gasteiger charge is -2.20. The van der Waals surface area contributed by atoms with E-state index < -0.39 is 22.2 Å². The van der Waals surface area contributed by atoms with Gasteiger partial charge in [0.25, 0.3) is 0 Å². The average Bonchev–Trinajstić information content (AvgIpc) is 2.93. The highest BCUT2D eigenvalue weighted by molar-refractivity contribution is 7.89. The Morgan fingerprint density at radius 2 is 1.96 bits per heavy atom. The molecule has 1 aliphatic rings. The summed E-state index contributed by atoms with van der Waals surface area (Å²) in [6, 6.07) is 8.12. The first kappa shape index (κ1) is 19.6. The van der Waals surface area contributed by atoms with Crippen molar-refractivity contribution in [1.29, 1.82) is 0 Å². The summed E-state index contributed by atoms with van der Waals surface area (Å²) in [5.74, 6) is -1.15. The lowest BCUT2D eigenvalue weighted by molar-refractivity contribution is -0.136. The number of allylic oxidation sites excluding steroid dienone is 2. The third-order valence-electron chi connectivity index (χ3n) is 4.57. The van der Waals surface area contributed by atoms with Gasteiger partial charge in [-0.3, -0.25) is 4.79 Å². The number of sulfonamides is 1. The maximum atomic E-state index is 14.1. The molecule has 0 spiro atoms. The molecule has 1 aromatic carbocycles. The molecular formula is C18H24FNO4S. The highest BCUT2D eigenvalue weighted by Gasteiger charge is 2.35. The van der Waals surface area contributed by atoms with E-state index in [1.807, 2.05) is 6.08 Å². The fraction of sp³-hybridized carbons (Fsp3) is 0.500. The topological polar surface area (TPSA) is 83.5 Å². The van der Waals surface area contributed by atoms with Crippen molar-refractivity contribution in [1.82, 2.24) is 4.72 Å². The van der Waals surface area contributed by atoms with Crippen LogP contribution in [-0.4, -0.2) is 32.2 Å². The zero-order chi connectivity index (χ0) is 18.3. The highest BCUT2D eigenvalue weighted by Crippen LogP contribution is 2.36. The second-order valence-corrected chi connectivity index (χ2v) is 8.09. The maximum Gasteiger partial charge on any atom is 0.303 e. The van der Waals surface area contributed by atoms with Crippen LogP contribution in [0.5, 0.6) is 0 Å². The third-order valence-corrected chi connectivity index (χ3v) is 6.01. The summed E-state index contributed by atoms with van der Waals surface area (Å²) in [5, 5.41) is 8.59. The fourth-order valence-corrected chi connectivity index (χ4v) is 4.28. The molecule has 0 saturated heterocycles. The monoisotopic (exact) mass is 369 g/mol. The molecule has 0 radical (unpaired) electrons. The molecule has 3 atom stereocenters. The van der Waals surface area contributed by atoms with Gasteiger partial charge >= 0.3 is 5.97 Å². The molecular weight excluding hydrogens is 345 g/mol. The quantitative estimate of drug-likeness (QED) is 0.655. The van der Waals surface area contributed by atoms with Gasteiger partial charge < -0.3 is 5.11 Å². The van der Waals surface area contributed by atoms with Crippen LogP contribution >= 0.6 is 0 Å². The number of aliphatic carboxylic acids is 1. The zero-order valence-corrected chi connectivity index (χ0v) is 14.8. The molecule has 0 aromatic heterocycles. The molecule has 2 N–H and O–H groups in total. The normalized spacial score (nSPS) is 24.0. The molecule has 0 unspecified atom stereocenters. The summed E-state index contributed by atoms with van der Waals surface area (Å²) >= 11 is 0. The molecule has 0 heterocycles. The molecule has 1 saturated carbocycles. The first-order valence-corrected chi connectivity index (χ1v) is 9.94. The van der Waals surface area contributed by atoms with Crippen molar-refractivity contribution in [3.8, 4) is 0 Å². The minimum Gasteiger partial charge on any atom is -0.481 e. The molecule has 1 aromatic rings. The van der Waals surface area contributed by atoms with Crippen molar-refractivity contribution in [2.75, 3.05) is 6.54 Å². The third kappa shape index (κ3) is 5.93. The SMILES string of the molecule is O=C(O)CC/C=C\C[C@@H]1[C@@H](CNS(=O)(=O)c2ccccc2)CC[C@H]1F. The number of carbonyl (C=O) groups is 1. The van der Waals surface area contributed by atoms with Crippen molar-refractivity contribution in [2.24, 2.45) is 11.8 Å². The second kappa shape index (κ2) is 9.10. The van der Waals surface area contributed by atoms with Crippen molar-refractivity contribution < 1.29 is 22.7 Å². The van der Waals surface area contributed by atoms with Crippen LogP contribution in [0.2, 0.25) is 0 Å². The lowest BCUT2D eigenvalue weighted by Crippen LogP contribution is -2.32. The Balaban J connectivity index is 1.88. The number of hydrogen-bond donors (Lipinski definition) is 2. The van der Waals surface area contributed by atoms with E-state index in [1.165, 1.54) is 12.1 Å². The zero-order valence-electron chi connectivity index (χ0n) is 14.0. The van der Waals surface area contributed by atoms with Crippen LogP contribution in [0.25, 0.3) is 0 Å². The molecule has 2 rings (SSSR count). The number of rotatable bonds is 9. The van der Waals surface area contributed by atoms with E-state index in [9.17, 15) is 17.6 Å². The van der Waals surface area contributed by atoms with Crippen LogP contribution in [0.4, 0.5) is 4.39 Å². The Kier molecular flexibility index (Phi) is 7.13. The standard InChI is InChI=1S/C18H24FNO4S/c19-17-12-11-14(16(17)9-5-2-6-10-18(21)22)13-20-25(23,24)15-7-3-1-4-8-15/h1-5,7-8,14,16-17,20H,6,9-13H2,(H,21,22)/b5-2-/t14-,16-,17-/m1/s1. The average molecular weight is 369 g/mol. The molecule has 0 bridgehead atoms. The first-order chi connectivity index (χ1) is 11.9. The van der Waals surface area contributed by atoms with Gasteiger partial charge in [0.2, 0.25) is 10.0 Å². The van der Waals surface area contributed by atoms with Crippen molar-refractivity contribution in [2.45, 2.75) is 43.2 Å². The van der Waals surface area contributed by atoms with Gasteiger partial charge in [-0.1, -0.05) is 30.4 Å². The van der Waals surface area contributed by atoms with E-state index in [0.717, 1.165) is 0 Å². The number of halogens is 1. The Labute approximate surface area is 148 Å². The van der Waals surface area contributed by atoms with Crippen LogP contribution < -0.4 is 4.72 Å². The van der Waals surface area contributed by atoms with Crippen molar-refractivity contribution in [3.63, 3.8) is 0 Å². The van der Waals surface area contributed by atoms with E-state index >= 15 is 0 Å². The van der Waals surface area contributed by atoms with E-state index in [-0.39, 0.29) is 29.7 Å². The molecule has 0 amide bonds. The number of carboxylic acid groups (broad SMARTS) is 1. The first-order valence-electron chi connectivity index (χ1n) is 8.45. The summed E-state index contributed by atoms with van der Waals surface area (Å²) < 4.78 is 41.2. The Morgan fingerprint density at radius 3 is 2.64 bits per heavy atom. The summed E-state index contributed by atoms with van der Waals surface area (Å²) in [5.41, 5.74) is 0. The van der Waals surface area contributed by atoms with Crippen molar-refractivity contribution in [3.05, 3.63) is 42.5 Å². The summed E-state index contributed by atoms with van der Waals surface area (Å²) in [6.07, 6.45) is 4.67. The van der Waals surface area contributed by atoms with Gasteiger partial charge in [-0.25, -0.2) is 17.5 Å². The molecule has 1 aliphatic carbocycles. The van der Waals surface area contributed by atoms with Crippen LogP contribution in [0.1, 0.15) is 32.1 Å². The molecule has 5 nitrogen and oxygen atoms in total. The number of nitrogens with one attached hydrogen (secondary N) is 1. The summed E-state index contributed by atoms with van der Waals surface area (Å²) in [4.78, 5) is 10.7. The van der Waals surface area contributed by atoms with Crippen molar-refractivity contribution >= 4 is 16.0 Å². The van der Waals surface area contributed by atoms with Gasteiger partial charge in [0.15, 0.2) is 0 Å². The Morgan fingerprint density at radius 1 is 1.24 bits per heavy atom. The summed E-state index contributed by atoms with van der Waals surface area (Å²) in [6.45, 7) is 0.214. The van der Waals surface area contributed by atoms with E-state index in [2.05, 4.69) is 4.72 Å².